The van der Waals surface area contributed by atoms with Crippen molar-refractivity contribution >= 4 is 21.8 Å². The number of aliphatic hydroxyl groups excluding tert-OH is 1. The number of aliphatic hydroxyl groups is 1. The van der Waals surface area contributed by atoms with Crippen LogP contribution in [-0.4, -0.2) is 40.6 Å². The lowest BCUT2D eigenvalue weighted by atomic mass is 9.97. The molecule has 0 unspecified atom stereocenters. The van der Waals surface area contributed by atoms with E-state index in [4.69, 9.17) is 5.11 Å². The number of nitrogens with zero attached hydrogens (tertiary/aromatic N) is 2. The molecule has 0 radical (unpaired) electrons. The number of hydrogen-bond donors (Lipinski definition) is 1. The maximum atomic E-state index is 12.1. The van der Waals surface area contributed by atoms with E-state index in [2.05, 4.69) is 20.9 Å². The Morgan fingerprint density at radius 3 is 2.76 bits per heavy atom. The molecule has 17 heavy (non-hydrogen) atoms. The Kier molecular flexibility index (Phi) is 4.12. The van der Waals surface area contributed by atoms with E-state index in [0.29, 0.717) is 11.5 Å². The van der Waals surface area contributed by atoms with Gasteiger partial charge in [0.2, 0.25) is 0 Å². The molecule has 4 nitrogen and oxygen atoms in total. The van der Waals surface area contributed by atoms with Gasteiger partial charge in [0.15, 0.2) is 0 Å². The summed E-state index contributed by atoms with van der Waals surface area (Å²) in [5.74, 6) is 0.370. The lowest BCUT2D eigenvalue weighted by molar-refractivity contribution is 0.0650. The van der Waals surface area contributed by atoms with Gasteiger partial charge in [-0.05, 0) is 40.8 Å². The van der Waals surface area contributed by atoms with Gasteiger partial charge >= 0.3 is 0 Å². The number of aromatic nitrogens is 1. The summed E-state index contributed by atoms with van der Waals surface area (Å²) in [6.07, 6.45) is 5.01. The highest BCUT2D eigenvalue weighted by atomic mass is 79.9. The highest BCUT2D eigenvalue weighted by Gasteiger charge is 2.23. The van der Waals surface area contributed by atoms with Gasteiger partial charge in [0.05, 0.1) is 5.56 Å². The minimum absolute atomic E-state index is 0.0233. The Morgan fingerprint density at radius 2 is 2.18 bits per heavy atom. The van der Waals surface area contributed by atoms with Crippen molar-refractivity contribution in [3.63, 3.8) is 0 Å². The minimum Gasteiger partial charge on any atom is -0.396 e. The smallest absolute Gasteiger partial charge is 0.255 e. The van der Waals surface area contributed by atoms with Crippen molar-refractivity contribution in [1.29, 1.82) is 0 Å². The monoisotopic (exact) mass is 298 g/mol. The second kappa shape index (κ2) is 5.60. The third-order valence-electron chi connectivity index (χ3n) is 3.11. The molecule has 1 amide bonds. The van der Waals surface area contributed by atoms with Crippen molar-refractivity contribution in [2.24, 2.45) is 5.92 Å². The van der Waals surface area contributed by atoms with Gasteiger partial charge in [0, 0.05) is 36.6 Å². The van der Waals surface area contributed by atoms with E-state index >= 15 is 0 Å². The summed E-state index contributed by atoms with van der Waals surface area (Å²) < 4.78 is 0.814. The fourth-order valence-corrected chi connectivity index (χ4v) is 2.39. The van der Waals surface area contributed by atoms with E-state index in [-0.39, 0.29) is 12.5 Å². The highest BCUT2D eigenvalue weighted by Crippen LogP contribution is 2.19. The molecule has 0 bridgehead atoms. The Hall–Kier alpha value is -0.940. The van der Waals surface area contributed by atoms with Crippen LogP contribution in [0.4, 0.5) is 0 Å². The first-order valence-corrected chi connectivity index (χ1v) is 6.50. The number of amides is 1. The Balaban J connectivity index is 2.02. The molecule has 1 aliphatic heterocycles. The van der Waals surface area contributed by atoms with Crippen LogP contribution >= 0.6 is 15.9 Å². The normalized spacial score (nSPS) is 17.2. The maximum Gasteiger partial charge on any atom is 0.255 e. The van der Waals surface area contributed by atoms with E-state index in [9.17, 15) is 4.79 Å². The summed E-state index contributed by atoms with van der Waals surface area (Å²) in [5.41, 5.74) is 0.613. The first kappa shape index (κ1) is 12.5. The highest BCUT2D eigenvalue weighted by molar-refractivity contribution is 9.10. The maximum absolute atomic E-state index is 12.1. The second-order valence-corrected chi connectivity index (χ2v) is 5.23. The largest absolute Gasteiger partial charge is 0.396 e. The van der Waals surface area contributed by atoms with Crippen molar-refractivity contribution < 1.29 is 9.90 Å². The number of halogens is 1. The Labute approximate surface area is 109 Å². The number of rotatable bonds is 2. The lowest BCUT2D eigenvalue weighted by Gasteiger charge is -2.31. The average molecular weight is 299 g/mol. The first-order chi connectivity index (χ1) is 8.20. The van der Waals surface area contributed by atoms with E-state index in [1.165, 1.54) is 0 Å². The molecule has 2 heterocycles. The van der Waals surface area contributed by atoms with Crippen molar-refractivity contribution in [3.05, 3.63) is 28.5 Å². The summed E-state index contributed by atoms with van der Waals surface area (Å²) in [4.78, 5) is 18.0. The lowest BCUT2D eigenvalue weighted by Crippen LogP contribution is -2.39. The summed E-state index contributed by atoms with van der Waals surface area (Å²) >= 11 is 3.31. The number of likely N-dealkylation sites (tertiary alicyclic amines) is 1. The standard InChI is InChI=1S/C12H15BrN2O2/c13-11-5-10(6-14-7-11)12(17)15-3-1-9(8-16)2-4-15/h5-7,9,16H,1-4,8H2. The minimum atomic E-state index is 0.0233. The van der Waals surface area contributed by atoms with Crippen LogP contribution in [0.3, 0.4) is 0 Å². The molecule has 5 heteroatoms. The molecule has 2 rings (SSSR count). The average Bonchev–Trinajstić information content (AvgIpc) is 2.38. The molecule has 92 valence electrons. The number of carbonyl (C=O) groups excluding carboxylic acids is 1. The molecule has 0 aromatic carbocycles. The van der Waals surface area contributed by atoms with E-state index in [1.807, 2.05) is 4.90 Å². The molecule has 0 spiro atoms. The third kappa shape index (κ3) is 3.04. The number of piperidine rings is 1. The van der Waals surface area contributed by atoms with Gasteiger partial charge in [0.25, 0.3) is 5.91 Å². The van der Waals surface area contributed by atoms with Crippen LogP contribution in [0.25, 0.3) is 0 Å². The summed E-state index contributed by atoms with van der Waals surface area (Å²) in [6, 6.07) is 1.79. The number of hydrogen-bond acceptors (Lipinski definition) is 3. The fraction of sp³-hybridized carbons (Fsp3) is 0.500. The van der Waals surface area contributed by atoms with Gasteiger partial charge < -0.3 is 10.0 Å². The molecular formula is C12H15BrN2O2. The van der Waals surface area contributed by atoms with Crippen LogP contribution in [0.1, 0.15) is 23.2 Å². The third-order valence-corrected chi connectivity index (χ3v) is 3.55. The van der Waals surface area contributed by atoms with Crippen molar-refractivity contribution in [3.8, 4) is 0 Å². The van der Waals surface area contributed by atoms with E-state index in [0.717, 1.165) is 30.4 Å². The van der Waals surface area contributed by atoms with Crippen LogP contribution in [0.5, 0.6) is 0 Å². The van der Waals surface area contributed by atoms with Gasteiger partial charge in [0.1, 0.15) is 0 Å². The number of pyridine rings is 1. The first-order valence-electron chi connectivity index (χ1n) is 5.71. The van der Waals surface area contributed by atoms with Crippen molar-refractivity contribution in [1.82, 2.24) is 9.88 Å². The molecule has 0 saturated carbocycles. The van der Waals surface area contributed by atoms with E-state index in [1.54, 1.807) is 18.5 Å². The van der Waals surface area contributed by atoms with Crippen LogP contribution in [0, 0.1) is 5.92 Å². The second-order valence-electron chi connectivity index (χ2n) is 4.31. The fourth-order valence-electron chi connectivity index (χ4n) is 2.03. The van der Waals surface area contributed by atoms with Gasteiger partial charge in [-0.1, -0.05) is 0 Å². The van der Waals surface area contributed by atoms with Gasteiger partial charge in [-0.15, -0.1) is 0 Å². The Morgan fingerprint density at radius 1 is 1.47 bits per heavy atom. The molecule has 1 aromatic heterocycles. The quantitative estimate of drug-likeness (QED) is 0.904. The Bertz CT molecular complexity index is 403. The van der Waals surface area contributed by atoms with Crippen LogP contribution in [0.2, 0.25) is 0 Å². The van der Waals surface area contributed by atoms with Gasteiger partial charge in [-0.3, -0.25) is 9.78 Å². The zero-order chi connectivity index (χ0) is 12.3. The molecule has 0 atom stereocenters. The van der Waals surface area contributed by atoms with Crippen molar-refractivity contribution in [2.75, 3.05) is 19.7 Å². The topological polar surface area (TPSA) is 53.4 Å². The summed E-state index contributed by atoms with van der Waals surface area (Å²) in [6.45, 7) is 1.66. The molecule has 1 aromatic rings. The van der Waals surface area contributed by atoms with Crippen LogP contribution in [-0.2, 0) is 0 Å². The van der Waals surface area contributed by atoms with Crippen molar-refractivity contribution in [2.45, 2.75) is 12.8 Å². The number of carbonyl (C=O) groups is 1. The van der Waals surface area contributed by atoms with Gasteiger partial charge in [-0.25, -0.2) is 0 Å². The summed E-state index contributed by atoms with van der Waals surface area (Å²) in [7, 11) is 0. The van der Waals surface area contributed by atoms with E-state index < -0.39 is 0 Å². The predicted molar refractivity (Wildman–Crippen MR) is 67.7 cm³/mol. The molecule has 1 fully saturated rings. The van der Waals surface area contributed by atoms with Crippen LogP contribution < -0.4 is 0 Å². The van der Waals surface area contributed by atoms with Crippen LogP contribution in [0.15, 0.2) is 22.9 Å². The zero-order valence-electron chi connectivity index (χ0n) is 9.47. The molecule has 0 aliphatic carbocycles. The molecular weight excluding hydrogens is 284 g/mol. The molecule has 1 aliphatic rings. The molecule has 1 N–H and O–H groups in total. The molecule has 1 saturated heterocycles. The SMILES string of the molecule is O=C(c1cncc(Br)c1)N1CCC(CO)CC1. The summed E-state index contributed by atoms with van der Waals surface area (Å²) in [5, 5.41) is 9.05. The van der Waals surface area contributed by atoms with Gasteiger partial charge in [-0.2, -0.15) is 0 Å². The predicted octanol–water partition coefficient (Wildman–Crippen LogP) is 1.69. The zero-order valence-corrected chi connectivity index (χ0v) is 11.1.